The summed E-state index contributed by atoms with van der Waals surface area (Å²) >= 11 is 0. The summed E-state index contributed by atoms with van der Waals surface area (Å²) in [7, 11) is 0. The van der Waals surface area contributed by atoms with E-state index in [2.05, 4.69) is 11.9 Å². The molecule has 0 bridgehead atoms. The Labute approximate surface area is 74.1 Å². The molecule has 3 heteroatoms. The molecule has 0 saturated carbocycles. The standard InChI is InChI=1S/C9H19NO2/c1-4-7(8(11)5-2)10-9(12)6-3/h4,7-12H,1,5-6H2,2-3H3. The van der Waals surface area contributed by atoms with Crippen molar-refractivity contribution in [3.8, 4) is 0 Å². The zero-order chi connectivity index (χ0) is 9.56. The molecule has 3 unspecified atom stereocenters. The first-order valence-corrected chi connectivity index (χ1v) is 4.40. The summed E-state index contributed by atoms with van der Waals surface area (Å²) < 4.78 is 0. The molecule has 72 valence electrons. The van der Waals surface area contributed by atoms with Gasteiger partial charge in [-0.05, 0) is 12.8 Å². The third kappa shape index (κ3) is 3.85. The molecule has 0 aromatic carbocycles. The van der Waals surface area contributed by atoms with Crippen molar-refractivity contribution in [1.29, 1.82) is 0 Å². The van der Waals surface area contributed by atoms with E-state index in [4.69, 9.17) is 0 Å². The van der Waals surface area contributed by atoms with E-state index in [1.54, 1.807) is 6.08 Å². The topological polar surface area (TPSA) is 52.5 Å². The first kappa shape index (κ1) is 11.6. The van der Waals surface area contributed by atoms with Crippen molar-refractivity contribution >= 4 is 0 Å². The Bertz CT molecular complexity index is 128. The Morgan fingerprint density at radius 2 is 1.92 bits per heavy atom. The summed E-state index contributed by atoms with van der Waals surface area (Å²) in [5, 5.41) is 21.5. The molecule has 0 heterocycles. The lowest BCUT2D eigenvalue weighted by molar-refractivity contribution is 0.0765. The average Bonchev–Trinajstić information content (AvgIpc) is 2.12. The van der Waals surface area contributed by atoms with Crippen LogP contribution in [0.15, 0.2) is 12.7 Å². The first-order chi connectivity index (χ1) is 5.65. The van der Waals surface area contributed by atoms with Crippen molar-refractivity contribution in [2.24, 2.45) is 0 Å². The summed E-state index contributed by atoms with van der Waals surface area (Å²) in [6.45, 7) is 7.35. The molecule has 3 N–H and O–H groups in total. The molecular weight excluding hydrogens is 154 g/mol. The fourth-order valence-electron chi connectivity index (χ4n) is 0.930. The van der Waals surface area contributed by atoms with Crippen molar-refractivity contribution in [1.82, 2.24) is 5.32 Å². The first-order valence-electron chi connectivity index (χ1n) is 4.40. The predicted octanol–water partition coefficient (Wildman–Crippen LogP) is 0.630. The maximum Gasteiger partial charge on any atom is 0.105 e. The molecule has 3 atom stereocenters. The molecule has 0 radical (unpaired) electrons. The van der Waals surface area contributed by atoms with E-state index in [-0.39, 0.29) is 6.04 Å². The van der Waals surface area contributed by atoms with Crippen LogP contribution in [0.4, 0.5) is 0 Å². The fraction of sp³-hybridized carbons (Fsp3) is 0.778. The third-order valence-electron chi connectivity index (χ3n) is 1.86. The monoisotopic (exact) mass is 173 g/mol. The SMILES string of the molecule is C=CC(NC(O)CC)C(O)CC. The molecule has 0 saturated heterocycles. The Morgan fingerprint density at radius 3 is 2.25 bits per heavy atom. The molecule has 0 aliphatic heterocycles. The minimum atomic E-state index is -0.561. The minimum absolute atomic E-state index is 0.218. The second-order valence-corrected chi connectivity index (χ2v) is 2.83. The molecule has 3 nitrogen and oxygen atoms in total. The second kappa shape index (κ2) is 6.17. The largest absolute Gasteiger partial charge is 0.391 e. The van der Waals surface area contributed by atoms with Crippen molar-refractivity contribution in [2.45, 2.75) is 45.1 Å². The number of nitrogens with one attached hydrogen (secondary N) is 1. The molecule has 0 aliphatic rings. The van der Waals surface area contributed by atoms with Crippen molar-refractivity contribution in [3.05, 3.63) is 12.7 Å². The van der Waals surface area contributed by atoms with Crippen LogP contribution in [0.1, 0.15) is 26.7 Å². The highest BCUT2D eigenvalue weighted by Crippen LogP contribution is 2.01. The van der Waals surface area contributed by atoms with Crippen LogP contribution in [-0.2, 0) is 0 Å². The van der Waals surface area contributed by atoms with Crippen molar-refractivity contribution in [3.63, 3.8) is 0 Å². The van der Waals surface area contributed by atoms with Crippen LogP contribution in [0.2, 0.25) is 0 Å². The lowest BCUT2D eigenvalue weighted by Gasteiger charge is -2.22. The lowest BCUT2D eigenvalue weighted by Crippen LogP contribution is -2.43. The van der Waals surface area contributed by atoms with Gasteiger partial charge >= 0.3 is 0 Å². The van der Waals surface area contributed by atoms with Crippen LogP contribution in [-0.4, -0.2) is 28.6 Å². The molecule has 0 aromatic heterocycles. The van der Waals surface area contributed by atoms with E-state index in [1.165, 1.54) is 0 Å². The van der Waals surface area contributed by atoms with Gasteiger partial charge in [-0.15, -0.1) is 6.58 Å². The van der Waals surface area contributed by atoms with Crippen LogP contribution >= 0.6 is 0 Å². The molecule has 0 fully saturated rings. The van der Waals surface area contributed by atoms with Gasteiger partial charge in [0.2, 0.25) is 0 Å². The Morgan fingerprint density at radius 1 is 1.33 bits per heavy atom. The molecule has 0 spiro atoms. The maximum atomic E-state index is 9.42. The van der Waals surface area contributed by atoms with E-state index in [0.717, 1.165) is 0 Å². The van der Waals surface area contributed by atoms with Crippen molar-refractivity contribution in [2.75, 3.05) is 0 Å². The molecule has 12 heavy (non-hydrogen) atoms. The normalized spacial score (nSPS) is 18.3. The Balaban J connectivity index is 3.89. The van der Waals surface area contributed by atoms with E-state index < -0.39 is 12.3 Å². The van der Waals surface area contributed by atoms with Gasteiger partial charge in [-0.3, -0.25) is 5.32 Å². The highest BCUT2D eigenvalue weighted by Gasteiger charge is 2.15. The van der Waals surface area contributed by atoms with Crippen molar-refractivity contribution < 1.29 is 10.2 Å². The van der Waals surface area contributed by atoms with Crippen LogP contribution < -0.4 is 5.32 Å². The van der Waals surface area contributed by atoms with Gasteiger partial charge in [0, 0.05) is 0 Å². The van der Waals surface area contributed by atoms with Crippen LogP contribution in [0.5, 0.6) is 0 Å². The van der Waals surface area contributed by atoms with Gasteiger partial charge in [0.25, 0.3) is 0 Å². The van der Waals surface area contributed by atoms with Crippen LogP contribution in [0, 0.1) is 0 Å². The lowest BCUT2D eigenvalue weighted by atomic mass is 10.1. The smallest absolute Gasteiger partial charge is 0.105 e. The Hall–Kier alpha value is -0.380. The Kier molecular flexibility index (Phi) is 5.98. The second-order valence-electron chi connectivity index (χ2n) is 2.83. The number of hydrogen-bond acceptors (Lipinski definition) is 3. The molecule has 0 rings (SSSR count). The number of rotatable bonds is 6. The minimum Gasteiger partial charge on any atom is -0.391 e. The van der Waals surface area contributed by atoms with Gasteiger partial charge in [-0.2, -0.15) is 0 Å². The predicted molar refractivity (Wildman–Crippen MR) is 49.7 cm³/mol. The zero-order valence-electron chi connectivity index (χ0n) is 7.83. The number of aliphatic hydroxyl groups is 2. The van der Waals surface area contributed by atoms with E-state index in [9.17, 15) is 10.2 Å². The highest BCUT2D eigenvalue weighted by molar-refractivity contribution is 4.91. The van der Waals surface area contributed by atoms with Gasteiger partial charge in [0.05, 0.1) is 12.1 Å². The summed E-state index contributed by atoms with van der Waals surface area (Å²) in [5.41, 5.74) is 0. The zero-order valence-corrected chi connectivity index (χ0v) is 7.83. The summed E-state index contributed by atoms with van der Waals surface area (Å²) in [5.74, 6) is 0. The molecule has 0 aliphatic carbocycles. The number of hydrogen-bond donors (Lipinski definition) is 3. The van der Waals surface area contributed by atoms with E-state index in [0.29, 0.717) is 12.8 Å². The number of aliphatic hydroxyl groups excluding tert-OH is 2. The highest BCUT2D eigenvalue weighted by atomic mass is 16.3. The maximum absolute atomic E-state index is 9.42. The summed E-state index contributed by atoms with van der Waals surface area (Å²) in [6, 6.07) is -0.218. The van der Waals surface area contributed by atoms with Gasteiger partial charge in [-0.1, -0.05) is 19.9 Å². The van der Waals surface area contributed by atoms with Gasteiger partial charge in [0.1, 0.15) is 6.23 Å². The third-order valence-corrected chi connectivity index (χ3v) is 1.86. The summed E-state index contributed by atoms with van der Waals surface area (Å²) in [6.07, 6.45) is 1.87. The van der Waals surface area contributed by atoms with Gasteiger partial charge < -0.3 is 10.2 Å². The molecule has 0 aromatic rings. The van der Waals surface area contributed by atoms with E-state index in [1.807, 2.05) is 13.8 Å². The molecular formula is C9H19NO2. The average molecular weight is 173 g/mol. The van der Waals surface area contributed by atoms with Crippen LogP contribution in [0.25, 0.3) is 0 Å². The fourth-order valence-corrected chi connectivity index (χ4v) is 0.930. The summed E-state index contributed by atoms with van der Waals surface area (Å²) in [4.78, 5) is 0. The van der Waals surface area contributed by atoms with Crippen LogP contribution in [0.3, 0.4) is 0 Å². The van der Waals surface area contributed by atoms with E-state index >= 15 is 0 Å². The quantitative estimate of drug-likeness (QED) is 0.408. The van der Waals surface area contributed by atoms with Gasteiger partial charge in [-0.25, -0.2) is 0 Å². The van der Waals surface area contributed by atoms with Gasteiger partial charge in [0.15, 0.2) is 0 Å². The molecule has 0 amide bonds.